The molecule has 0 aliphatic heterocycles. The molecule has 6 nitrogen and oxygen atoms in total. The van der Waals surface area contributed by atoms with Crippen molar-refractivity contribution in [2.24, 2.45) is 5.14 Å². The van der Waals surface area contributed by atoms with Gasteiger partial charge in [-0.15, -0.1) is 0 Å². The highest BCUT2D eigenvalue weighted by molar-refractivity contribution is 7.89. The summed E-state index contributed by atoms with van der Waals surface area (Å²) in [5, 5.41) is 4.81. The normalized spacial score (nSPS) is 12.9. The number of nitrogens with two attached hydrogens (primary N) is 1. The summed E-state index contributed by atoms with van der Waals surface area (Å²) in [6.07, 6.45) is 0. The van der Waals surface area contributed by atoms with E-state index in [1.807, 2.05) is 0 Å². The van der Waals surface area contributed by atoms with Gasteiger partial charge in [-0.25, -0.2) is 31.1 Å². The molecular weight excluding hydrogens is 283 g/mol. The standard InChI is InChI=1S/C9H13FN2O4S2/c1-6(2)12-18(15,16)9-4-3-7(5-8(9)10)17(11,13)14/h3-6,12H,1-2H3,(H2,11,13,14). The van der Waals surface area contributed by atoms with Gasteiger partial charge in [0.1, 0.15) is 10.7 Å². The van der Waals surface area contributed by atoms with Crippen molar-refractivity contribution < 1.29 is 21.2 Å². The molecule has 0 amide bonds. The van der Waals surface area contributed by atoms with Gasteiger partial charge in [-0.2, -0.15) is 0 Å². The van der Waals surface area contributed by atoms with Crippen molar-refractivity contribution in [3.63, 3.8) is 0 Å². The Morgan fingerprint density at radius 3 is 2.17 bits per heavy atom. The Morgan fingerprint density at radius 1 is 1.22 bits per heavy atom. The van der Waals surface area contributed by atoms with Gasteiger partial charge in [0.2, 0.25) is 20.0 Å². The zero-order valence-corrected chi connectivity index (χ0v) is 11.3. The Morgan fingerprint density at radius 2 is 1.78 bits per heavy atom. The quantitative estimate of drug-likeness (QED) is 0.825. The van der Waals surface area contributed by atoms with Crippen LogP contribution in [0, 0.1) is 5.82 Å². The molecule has 1 aromatic rings. The molecular formula is C9H13FN2O4S2. The first-order valence-electron chi connectivity index (χ1n) is 4.89. The smallest absolute Gasteiger partial charge is 0.225 e. The lowest BCUT2D eigenvalue weighted by Gasteiger charge is -2.10. The van der Waals surface area contributed by atoms with Gasteiger partial charge in [-0.05, 0) is 32.0 Å². The second kappa shape index (κ2) is 4.92. The average molecular weight is 296 g/mol. The fourth-order valence-electron chi connectivity index (χ4n) is 1.25. The van der Waals surface area contributed by atoms with E-state index in [9.17, 15) is 21.2 Å². The highest BCUT2D eigenvalue weighted by Crippen LogP contribution is 2.18. The third-order valence-electron chi connectivity index (χ3n) is 1.91. The zero-order chi connectivity index (χ0) is 14.1. The van der Waals surface area contributed by atoms with Crippen LogP contribution < -0.4 is 9.86 Å². The van der Waals surface area contributed by atoms with E-state index >= 15 is 0 Å². The van der Waals surface area contributed by atoms with Crippen LogP contribution in [-0.2, 0) is 20.0 Å². The lowest BCUT2D eigenvalue weighted by atomic mass is 10.3. The second-order valence-corrected chi connectivity index (χ2v) is 7.16. The van der Waals surface area contributed by atoms with Gasteiger partial charge in [0.05, 0.1) is 4.90 Å². The van der Waals surface area contributed by atoms with Gasteiger partial charge < -0.3 is 0 Å². The van der Waals surface area contributed by atoms with Gasteiger partial charge in [0, 0.05) is 6.04 Å². The van der Waals surface area contributed by atoms with E-state index in [1.54, 1.807) is 13.8 Å². The highest BCUT2D eigenvalue weighted by Gasteiger charge is 2.21. The molecule has 0 aromatic heterocycles. The largest absolute Gasteiger partial charge is 0.243 e. The third kappa shape index (κ3) is 3.48. The summed E-state index contributed by atoms with van der Waals surface area (Å²) in [6.45, 7) is 3.16. The van der Waals surface area contributed by atoms with Crippen LogP contribution in [0.4, 0.5) is 4.39 Å². The predicted octanol–water partition coefficient (Wildman–Crippen LogP) is 0.160. The van der Waals surface area contributed by atoms with Crippen LogP contribution in [0.5, 0.6) is 0 Å². The van der Waals surface area contributed by atoms with Crippen molar-refractivity contribution in [2.75, 3.05) is 0 Å². The molecule has 102 valence electrons. The maximum Gasteiger partial charge on any atom is 0.243 e. The van der Waals surface area contributed by atoms with Crippen LogP contribution in [0.3, 0.4) is 0 Å². The van der Waals surface area contributed by atoms with Gasteiger partial charge in [0.25, 0.3) is 0 Å². The molecule has 18 heavy (non-hydrogen) atoms. The molecule has 0 aliphatic carbocycles. The number of hydrogen-bond donors (Lipinski definition) is 2. The molecule has 0 saturated carbocycles. The van der Waals surface area contributed by atoms with Crippen LogP contribution >= 0.6 is 0 Å². The van der Waals surface area contributed by atoms with E-state index < -0.39 is 41.7 Å². The molecule has 0 unspecified atom stereocenters. The molecule has 9 heteroatoms. The summed E-state index contributed by atoms with van der Waals surface area (Å²) >= 11 is 0. The number of halogens is 1. The highest BCUT2D eigenvalue weighted by atomic mass is 32.2. The molecule has 0 atom stereocenters. The fraction of sp³-hybridized carbons (Fsp3) is 0.333. The van der Waals surface area contributed by atoms with Crippen molar-refractivity contribution in [1.29, 1.82) is 0 Å². The van der Waals surface area contributed by atoms with Crippen molar-refractivity contribution in [2.45, 2.75) is 29.7 Å². The molecule has 0 fully saturated rings. The fourth-order valence-corrected chi connectivity index (χ4v) is 3.09. The zero-order valence-electron chi connectivity index (χ0n) is 9.71. The minimum Gasteiger partial charge on any atom is -0.225 e. The molecule has 0 aliphatic rings. The number of hydrogen-bond acceptors (Lipinski definition) is 4. The molecule has 0 heterocycles. The Balaban J connectivity index is 3.31. The second-order valence-electron chi connectivity index (χ2n) is 3.91. The van der Waals surface area contributed by atoms with Crippen molar-refractivity contribution in [3.8, 4) is 0 Å². The summed E-state index contributed by atoms with van der Waals surface area (Å²) in [5.74, 6) is -1.17. The van der Waals surface area contributed by atoms with Crippen molar-refractivity contribution in [3.05, 3.63) is 24.0 Å². The van der Waals surface area contributed by atoms with E-state index in [0.717, 1.165) is 12.1 Å². The van der Waals surface area contributed by atoms with Crippen LogP contribution in [0.15, 0.2) is 28.0 Å². The number of primary sulfonamides is 1. The maximum atomic E-state index is 13.6. The Bertz CT molecular complexity index is 653. The first-order valence-corrected chi connectivity index (χ1v) is 7.91. The molecule has 1 aromatic carbocycles. The molecule has 3 N–H and O–H groups in total. The topological polar surface area (TPSA) is 106 Å². The SMILES string of the molecule is CC(C)NS(=O)(=O)c1ccc(S(N)(=O)=O)cc1F. The summed E-state index contributed by atoms with van der Waals surface area (Å²) in [7, 11) is -8.08. The van der Waals surface area contributed by atoms with Gasteiger partial charge in [-0.1, -0.05) is 0 Å². The lowest BCUT2D eigenvalue weighted by Crippen LogP contribution is -2.31. The van der Waals surface area contributed by atoms with Crippen LogP contribution in [-0.4, -0.2) is 22.9 Å². The lowest BCUT2D eigenvalue weighted by molar-refractivity contribution is 0.545. The van der Waals surface area contributed by atoms with Crippen molar-refractivity contribution in [1.82, 2.24) is 4.72 Å². The van der Waals surface area contributed by atoms with Crippen LogP contribution in [0.25, 0.3) is 0 Å². The Labute approximate surface area is 105 Å². The van der Waals surface area contributed by atoms with Gasteiger partial charge in [0.15, 0.2) is 0 Å². The molecule has 0 spiro atoms. The molecule has 0 bridgehead atoms. The number of rotatable bonds is 4. The van der Waals surface area contributed by atoms with E-state index in [0.29, 0.717) is 6.07 Å². The van der Waals surface area contributed by atoms with E-state index in [2.05, 4.69) is 4.72 Å². The first-order chi connectivity index (χ1) is 8.04. The Hall–Kier alpha value is -1.03. The Kier molecular flexibility index (Phi) is 4.11. The predicted molar refractivity (Wildman–Crippen MR) is 63.2 cm³/mol. The minimum atomic E-state index is -4.07. The number of benzene rings is 1. The van der Waals surface area contributed by atoms with E-state index in [1.165, 1.54) is 0 Å². The average Bonchev–Trinajstić information content (AvgIpc) is 2.13. The van der Waals surface area contributed by atoms with E-state index in [4.69, 9.17) is 5.14 Å². The first kappa shape index (κ1) is 15.0. The number of nitrogens with one attached hydrogen (secondary N) is 1. The maximum absolute atomic E-state index is 13.6. The summed E-state index contributed by atoms with van der Waals surface area (Å²) in [5.41, 5.74) is 0. The van der Waals surface area contributed by atoms with Crippen molar-refractivity contribution >= 4 is 20.0 Å². The third-order valence-corrected chi connectivity index (χ3v) is 4.52. The van der Waals surface area contributed by atoms with Crippen LogP contribution in [0.2, 0.25) is 0 Å². The molecule has 1 rings (SSSR count). The summed E-state index contributed by atoms with van der Waals surface area (Å²) in [4.78, 5) is -1.10. The number of sulfonamides is 2. The summed E-state index contributed by atoms with van der Waals surface area (Å²) < 4.78 is 61.1. The molecule has 0 saturated heterocycles. The summed E-state index contributed by atoms with van der Waals surface area (Å²) in [6, 6.07) is 1.96. The van der Waals surface area contributed by atoms with Gasteiger partial charge >= 0.3 is 0 Å². The van der Waals surface area contributed by atoms with E-state index in [-0.39, 0.29) is 0 Å². The van der Waals surface area contributed by atoms with Crippen LogP contribution in [0.1, 0.15) is 13.8 Å². The monoisotopic (exact) mass is 296 g/mol. The van der Waals surface area contributed by atoms with Gasteiger partial charge in [-0.3, -0.25) is 0 Å². The molecule has 0 radical (unpaired) electrons. The minimum absolute atomic E-state index is 0.410.